The van der Waals surface area contributed by atoms with Gasteiger partial charge in [-0.3, -0.25) is 9.59 Å². The van der Waals surface area contributed by atoms with Gasteiger partial charge in [0.2, 0.25) is 0 Å². The Labute approximate surface area is 182 Å². The predicted octanol–water partition coefficient (Wildman–Crippen LogP) is 4.27. The maximum absolute atomic E-state index is 13.1. The van der Waals surface area contributed by atoms with Crippen molar-refractivity contribution in [2.45, 2.75) is 6.92 Å². The van der Waals surface area contributed by atoms with Crippen LogP contribution < -0.4 is 4.74 Å². The number of benzene rings is 3. The molecule has 2 amide bonds. The van der Waals surface area contributed by atoms with E-state index in [-0.39, 0.29) is 11.8 Å². The van der Waals surface area contributed by atoms with Crippen LogP contribution in [0.4, 0.5) is 0 Å². The standard InChI is InChI=1S/C26H26N2O3/c1-19-7-3-4-12-24(19)26(30)28-15-13-27(14-16-28)25(29)22-10-5-8-20(17-22)21-9-6-11-23(18-21)31-2/h3-12,17-18H,13-16H2,1-2H3. The lowest BCUT2D eigenvalue weighted by Crippen LogP contribution is -2.50. The molecule has 4 rings (SSSR count). The number of piperazine rings is 1. The van der Waals surface area contributed by atoms with Crippen LogP contribution in [0.15, 0.2) is 72.8 Å². The summed E-state index contributed by atoms with van der Waals surface area (Å²) in [5, 5.41) is 0. The Kier molecular flexibility index (Phi) is 6.03. The quantitative estimate of drug-likeness (QED) is 0.641. The Hall–Kier alpha value is -3.60. The van der Waals surface area contributed by atoms with E-state index >= 15 is 0 Å². The molecule has 5 nitrogen and oxygen atoms in total. The van der Waals surface area contributed by atoms with Gasteiger partial charge in [0.25, 0.3) is 11.8 Å². The summed E-state index contributed by atoms with van der Waals surface area (Å²) in [5.74, 6) is 0.807. The van der Waals surface area contributed by atoms with Crippen LogP contribution >= 0.6 is 0 Å². The van der Waals surface area contributed by atoms with Gasteiger partial charge < -0.3 is 14.5 Å². The maximum Gasteiger partial charge on any atom is 0.254 e. The predicted molar refractivity (Wildman–Crippen MR) is 121 cm³/mol. The summed E-state index contributed by atoms with van der Waals surface area (Å²) in [5.41, 5.74) is 4.33. The highest BCUT2D eigenvalue weighted by molar-refractivity contribution is 5.97. The molecule has 1 saturated heterocycles. The molecule has 1 heterocycles. The molecule has 0 unspecified atom stereocenters. The zero-order valence-electron chi connectivity index (χ0n) is 17.9. The first kappa shape index (κ1) is 20.7. The molecule has 31 heavy (non-hydrogen) atoms. The molecule has 158 valence electrons. The van der Waals surface area contributed by atoms with E-state index in [2.05, 4.69) is 0 Å². The molecule has 0 radical (unpaired) electrons. The Morgan fingerprint density at radius 2 is 1.35 bits per heavy atom. The second kappa shape index (κ2) is 9.04. The van der Waals surface area contributed by atoms with Crippen molar-refractivity contribution in [2.75, 3.05) is 33.3 Å². The van der Waals surface area contributed by atoms with Crippen molar-refractivity contribution in [2.24, 2.45) is 0 Å². The minimum absolute atomic E-state index is 0.00673. The molecular weight excluding hydrogens is 388 g/mol. The topological polar surface area (TPSA) is 49.9 Å². The molecule has 0 saturated carbocycles. The highest BCUT2D eigenvalue weighted by atomic mass is 16.5. The van der Waals surface area contributed by atoms with Crippen molar-refractivity contribution >= 4 is 11.8 Å². The number of nitrogens with zero attached hydrogens (tertiary/aromatic N) is 2. The van der Waals surface area contributed by atoms with Crippen LogP contribution in [0.1, 0.15) is 26.3 Å². The third-order valence-electron chi connectivity index (χ3n) is 5.74. The number of methoxy groups -OCH3 is 1. The minimum atomic E-state index is -0.00673. The summed E-state index contributed by atoms with van der Waals surface area (Å²) < 4.78 is 5.31. The third kappa shape index (κ3) is 4.45. The zero-order chi connectivity index (χ0) is 21.8. The molecule has 3 aromatic rings. The monoisotopic (exact) mass is 414 g/mol. The number of carbonyl (C=O) groups excluding carboxylic acids is 2. The lowest BCUT2D eigenvalue weighted by molar-refractivity contribution is 0.0535. The molecule has 0 aromatic heterocycles. The summed E-state index contributed by atoms with van der Waals surface area (Å²) in [6, 6.07) is 23.1. The summed E-state index contributed by atoms with van der Waals surface area (Å²) in [6.07, 6.45) is 0. The minimum Gasteiger partial charge on any atom is -0.497 e. The fourth-order valence-corrected chi connectivity index (χ4v) is 3.91. The van der Waals surface area contributed by atoms with Gasteiger partial charge in [0.15, 0.2) is 0 Å². The van der Waals surface area contributed by atoms with E-state index in [0.717, 1.165) is 28.0 Å². The van der Waals surface area contributed by atoms with E-state index in [1.165, 1.54) is 0 Å². The van der Waals surface area contributed by atoms with Gasteiger partial charge >= 0.3 is 0 Å². The Balaban J connectivity index is 1.44. The van der Waals surface area contributed by atoms with Crippen LogP contribution in [0.25, 0.3) is 11.1 Å². The van der Waals surface area contributed by atoms with Crippen molar-refractivity contribution in [1.82, 2.24) is 9.80 Å². The van der Waals surface area contributed by atoms with Crippen molar-refractivity contribution in [1.29, 1.82) is 0 Å². The van der Waals surface area contributed by atoms with Crippen LogP contribution in [0.3, 0.4) is 0 Å². The second-order valence-electron chi connectivity index (χ2n) is 7.71. The van der Waals surface area contributed by atoms with E-state index in [4.69, 9.17) is 4.74 Å². The first-order valence-corrected chi connectivity index (χ1v) is 10.5. The van der Waals surface area contributed by atoms with Gasteiger partial charge in [0.05, 0.1) is 7.11 Å². The lowest BCUT2D eigenvalue weighted by atomic mass is 10.0. The number of rotatable bonds is 4. The molecule has 5 heteroatoms. The highest BCUT2D eigenvalue weighted by Gasteiger charge is 2.26. The number of carbonyl (C=O) groups is 2. The maximum atomic E-state index is 13.1. The van der Waals surface area contributed by atoms with Gasteiger partial charge in [-0.15, -0.1) is 0 Å². The van der Waals surface area contributed by atoms with Crippen LogP contribution in [0.2, 0.25) is 0 Å². The fraction of sp³-hybridized carbons (Fsp3) is 0.231. The summed E-state index contributed by atoms with van der Waals surface area (Å²) in [6.45, 7) is 4.07. The lowest BCUT2D eigenvalue weighted by Gasteiger charge is -2.35. The van der Waals surface area contributed by atoms with Crippen molar-refractivity contribution in [3.8, 4) is 16.9 Å². The van der Waals surface area contributed by atoms with Crippen LogP contribution in [-0.4, -0.2) is 54.9 Å². The molecule has 0 bridgehead atoms. The molecule has 0 spiro atoms. The summed E-state index contributed by atoms with van der Waals surface area (Å²) in [7, 11) is 1.64. The smallest absolute Gasteiger partial charge is 0.254 e. The number of hydrogen-bond donors (Lipinski definition) is 0. The average Bonchev–Trinajstić information content (AvgIpc) is 2.83. The van der Waals surface area contributed by atoms with Gasteiger partial charge in [-0.05, 0) is 53.9 Å². The Morgan fingerprint density at radius 3 is 2.03 bits per heavy atom. The molecule has 1 fully saturated rings. The van der Waals surface area contributed by atoms with E-state index in [9.17, 15) is 9.59 Å². The van der Waals surface area contributed by atoms with Gasteiger partial charge in [0, 0.05) is 37.3 Å². The summed E-state index contributed by atoms with van der Waals surface area (Å²) in [4.78, 5) is 29.6. The van der Waals surface area contributed by atoms with Crippen LogP contribution in [0.5, 0.6) is 5.75 Å². The molecular formula is C26H26N2O3. The summed E-state index contributed by atoms with van der Waals surface area (Å²) >= 11 is 0. The normalized spacial score (nSPS) is 13.7. The Morgan fingerprint density at radius 1 is 0.742 bits per heavy atom. The highest BCUT2D eigenvalue weighted by Crippen LogP contribution is 2.25. The fourth-order valence-electron chi connectivity index (χ4n) is 3.91. The first-order chi connectivity index (χ1) is 15.1. The van der Waals surface area contributed by atoms with E-state index in [1.807, 2.05) is 89.5 Å². The van der Waals surface area contributed by atoms with Crippen molar-refractivity contribution in [3.63, 3.8) is 0 Å². The number of aryl methyl sites for hydroxylation is 1. The SMILES string of the molecule is COc1cccc(-c2cccc(C(=O)N3CCN(C(=O)c4ccccc4C)CC3)c2)c1. The van der Waals surface area contributed by atoms with E-state index in [0.29, 0.717) is 31.7 Å². The average molecular weight is 415 g/mol. The van der Waals surface area contributed by atoms with Gasteiger partial charge in [-0.2, -0.15) is 0 Å². The zero-order valence-corrected chi connectivity index (χ0v) is 17.9. The van der Waals surface area contributed by atoms with Crippen molar-refractivity contribution in [3.05, 3.63) is 89.5 Å². The number of hydrogen-bond acceptors (Lipinski definition) is 3. The molecule has 0 aliphatic carbocycles. The van der Waals surface area contributed by atoms with E-state index < -0.39 is 0 Å². The molecule has 1 aliphatic rings. The molecule has 0 atom stereocenters. The molecule has 3 aromatic carbocycles. The van der Waals surface area contributed by atoms with Gasteiger partial charge in [-0.25, -0.2) is 0 Å². The number of amides is 2. The van der Waals surface area contributed by atoms with E-state index in [1.54, 1.807) is 7.11 Å². The number of ether oxygens (including phenoxy) is 1. The third-order valence-corrected chi connectivity index (χ3v) is 5.74. The second-order valence-corrected chi connectivity index (χ2v) is 7.71. The first-order valence-electron chi connectivity index (χ1n) is 10.5. The molecule has 0 N–H and O–H groups in total. The van der Waals surface area contributed by atoms with Gasteiger partial charge in [0.1, 0.15) is 5.75 Å². The van der Waals surface area contributed by atoms with Crippen LogP contribution in [0, 0.1) is 6.92 Å². The largest absolute Gasteiger partial charge is 0.497 e. The Bertz CT molecular complexity index is 1100. The van der Waals surface area contributed by atoms with Gasteiger partial charge in [-0.1, -0.05) is 42.5 Å². The molecule has 1 aliphatic heterocycles. The van der Waals surface area contributed by atoms with Crippen LogP contribution in [-0.2, 0) is 0 Å². The van der Waals surface area contributed by atoms with Crippen molar-refractivity contribution < 1.29 is 14.3 Å².